The largest absolute Gasteiger partial charge is 0.482 e. The summed E-state index contributed by atoms with van der Waals surface area (Å²) in [7, 11) is 0. The summed E-state index contributed by atoms with van der Waals surface area (Å²) in [6.45, 7) is 1.51. The molecule has 0 radical (unpaired) electrons. The number of benzene rings is 1. The molecule has 0 saturated carbocycles. The van der Waals surface area contributed by atoms with Gasteiger partial charge in [0, 0.05) is 24.0 Å². The summed E-state index contributed by atoms with van der Waals surface area (Å²) >= 11 is 17.7. The van der Waals surface area contributed by atoms with Crippen molar-refractivity contribution in [3.63, 3.8) is 0 Å². The lowest BCUT2D eigenvalue weighted by molar-refractivity contribution is -0.123. The van der Waals surface area contributed by atoms with Gasteiger partial charge in [0.05, 0.1) is 20.8 Å². The van der Waals surface area contributed by atoms with Crippen LogP contribution in [0.3, 0.4) is 0 Å². The predicted molar refractivity (Wildman–Crippen MR) is 91.6 cm³/mol. The van der Waals surface area contributed by atoms with E-state index in [1.165, 1.54) is 12.1 Å². The van der Waals surface area contributed by atoms with E-state index in [4.69, 9.17) is 39.5 Å². The molecule has 23 heavy (non-hydrogen) atoms. The number of rotatable bonds is 5. The Balaban J connectivity index is 1.92. The fourth-order valence-electron chi connectivity index (χ4n) is 1.59. The van der Waals surface area contributed by atoms with Gasteiger partial charge in [0.2, 0.25) is 0 Å². The third kappa shape index (κ3) is 5.10. The number of carbonyl (C=O) groups excluding carboxylic acids is 1. The van der Waals surface area contributed by atoms with Crippen LogP contribution in [-0.4, -0.2) is 23.2 Å². The van der Waals surface area contributed by atoms with E-state index in [1.54, 1.807) is 31.5 Å². The number of hydrazone groups is 1. The third-order valence-electron chi connectivity index (χ3n) is 2.78. The first-order valence-electron chi connectivity index (χ1n) is 6.48. The molecule has 2 rings (SSSR count). The number of amides is 1. The fourth-order valence-corrected chi connectivity index (χ4v) is 2.19. The van der Waals surface area contributed by atoms with Crippen LogP contribution in [0, 0.1) is 0 Å². The molecule has 0 bridgehead atoms. The van der Waals surface area contributed by atoms with Gasteiger partial charge in [-0.1, -0.05) is 34.8 Å². The SMILES string of the molecule is C/C(=N\NC(=O)COc1cc(Cl)c(Cl)cc1Cl)c1ccncc1. The van der Waals surface area contributed by atoms with Gasteiger partial charge in [-0.05, 0) is 25.1 Å². The van der Waals surface area contributed by atoms with Crippen molar-refractivity contribution in [2.45, 2.75) is 6.92 Å². The Morgan fingerprint density at radius 3 is 2.52 bits per heavy atom. The molecule has 1 aromatic carbocycles. The van der Waals surface area contributed by atoms with Gasteiger partial charge in [-0.3, -0.25) is 9.78 Å². The molecule has 0 saturated heterocycles. The van der Waals surface area contributed by atoms with Crippen molar-refractivity contribution in [1.82, 2.24) is 10.4 Å². The second-order valence-corrected chi connectivity index (χ2v) is 5.68. The minimum Gasteiger partial charge on any atom is -0.482 e. The smallest absolute Gasteiger partial charge is 0.277 e. The molecule has 8 heteroatoms. The lowest BCUT2D eigenvalue weighted by Gasteiger charge is -2.08. The number of nitrogens with zero attached hydrogens (tertiary/aromatic N) is 2. The number of aromatic nitrogens is 1. The predicted octanol–water partition coefficient (Wildman–Crippen LogP) is 3.96. The molecule has 0 spiro atoms. The maximum atomic E-state index is 11.8. The van der Waals surface area contributed by atoms with Crippen molar-refractivity contribution in [1.29, 1.82) is 0 Å². The lowest BCUT2D eigenvalue weighted by Crippen LogP contribution is -2.25. The molecular weight excluding hydrogens is 361 g/mol. The third-order valence-corrected chi connectivity index (χ3v) is 3.80. The number of hydrogen-bond donors (Lipinski definition) is 1. The standard InChI is InChI=1S/C15H12Cl3N3O2/c1-9(10-2-4-19-5-3-10)20-21-15(22)8-23-14-7-12(17)11(16)6-13(14)18/h2-7H,8H2,1H3,(H,21,22)/b20-9+. The highest BCUT2D eigenvalue weighted by molar-refractivity contribution is 6.43. The van der Waals surface area contributed by atoms with Crippen molar-refractivity contribution in [3.8, 4) is 5.75 Å². The van der Waals surface area contributed by atoms with Crippen molar-refractivity contribution >= 4 is 46.4 Å². The second kappa shape index (κ2) is 8.15. The summed E-state index contributed by atoms with van der Waals surface area (Å²) in [5, 5.41) is 4.86. The maximum absolute atomic E-state index is 11.8. The monoisotopic (exact) mass is 371 g/mol. The average molecular weight is 373 g/mol. The number of hydrogen-bond acceptors (Lipinski definition) is 4. The van der Waals surface area contributed by atoms with Gasteiger partial charge in [-0.25, -0.2) is 5.43 Å². The van der Waals surface area contributed by atoms with Gasteiger partial charge in [-0.15, -0.1) is 0 Å². The van der Waals surface area contributed by atoms with Gasteiger partial charge in [0.15, 0.2) is 6.61 Å². The van der Waals surface area contributed by atoms with Gasteiger partial charge in [0.25, 0.3) is 5.91 Å². The van der Waals surface area contributed by atoms with E-state index in [-0.39, 0.29) is 22.4 Å². The summed E-state index contributed by atoms with van der Waals surface area (Å²) in [5.74, 6) is -0.161. The Bertz CT molecular complexity index is 736. The van der Waals surface area contributed by atoms with Gasteiger partial charge in [0.1, 0.15) is 5.75 Å². The molecule has 0 aliphatic heterocycles. The Morgan fingerprint density at radius 1 is 1.17 bits per heavy atom. The average Bonchev–Trinajstić information content (AvgIpc) is 2.55. The number of pyridine rings is 1. The van der Waals surface area contributed by atoms with Crippen LogP contribution in [0.4, 0.5) is 0 Å². The maximum Gasteiger partial charge on any atom is 0.277 e. The van der Waals surface area contributed by atoms with E-state index < -0.39 is 5.91 Å². The van der Waals surface area contributed by atoms with Crippen LogP contribution in [-0.2, 0) is 4.79 Å². The van der Waals surface area contributed by atoms with E-state index >= 15 is 0 Å². The molecule has 1 aromatic heterocycles. The molecule has 0 unspecified atom stereocenters. The van der Waals surface area contributed by atoms with E-state index in [0.29, 0.717) is 10.7 Å². The lowest BCUT2D eigenvalue weighted by atomic mass is 10.2. The van der Waals surface area contributed by atoms with E-state index in [2.05, 4.69) is 15.5 Å². The molecule has 1 amide bonds. The molecule has 120 valence electrons. The number of carbonyl (C=O) groups is 1. The molecular formula is C15H12Cl3N3O2. The Hall–Kier alpha value is -1.82. The molecule has 0 aliphatic carbocycles. The van der Waals surface area contributed by atoms with Crippen LogP contribution in [0.15, 0.2) is 41.8 Å². The van der Waals surface area contributed by atoms with Gasteiger partial charge in [-0.2, -0.15) is 5.10 Å². The highest BCUT2D eigenvalue weighted by atomic mass is 35.5. The van der Waals surface area contributed by atoms with Crippen molar-refractivity contribution in [2.75, 3.05) is 6.61 Å². The number of ether oxygens (including phenoxy) is 1. The minimum absolute atomic E-state index is 0.259. The minimum atomic E-state index is -0.430. The zero-order valence-electron chi connectivity index (χ0n) is 12.0. The van der Waals surface area contributed by atoms with Crippen molar-refractivity contribution in [3.05, 3.63) is 57.3 Å². The summed E-state index contributed by atoms with van der Waals surface area (Å²) in [6, 6.07) is 6.48. The molecule has 0 fully saturated rings. The van der Waals surface area contributed by atoms with Crippen LogP contribution in [0.1, 0.15) is 12.5 Å². The normalized spacial score (nSPS) is 11.2. The zero-order valence-corrected chi connectivity index (χ0v) is 14.3. The van der Waals surface area contributed by atoms with Crippen LogP contribution in [0.5, 0.6) is 5.75 Å². The molecule has 0 aliphatic rings. The summed E-state index contributed by atoms with van der Waals surface area (Å²) in [4.78, 5) is 15.7. The quantitative estimate of drug-likeness (QED) is 0.491. The molecule has 1 N–H and O–H groups in total. The first-order valence-corrected chi connectivity index (χ1v) is 7.61. The van der Waals surface area contributed by atoms with Gasteiger partial charge >= 0.3 is 0 Å². The Labute approximate surface area is 148 Å². The molecule has 5 nitrogen and oxygen atoms in total. The Morgan fingerprint density at radius 2 is 1.83 bits per heavy atom. The first kappa shape index (κ1) is 17.5. The highest BCUT2D eigenvalue weighted by Crippen LogP contribution is 2.33. The van der Waals surface area contributed by atoms with E-state index in [0.717, 1.165) is 5.56 Å². The zero-order chi connectivity index (χ0) is 16.8. The van der Waals surface area contributed by atoms with Crippen molar-refractivity contribution in [2.24, 2.45) is 5.10 Å². The molecule has 1 heterocycles. The van der Waals surface area contributed by atoms with Crippen LogP contribution >= 0.6 is 34.8 Å². The second-order valence-electron chi connectivity index (χ2n) is 4.45. The topological polar surface area (TPSA) is 63.6 Å². The van der Waals surface area contributed by atoms with Crippen molar-refractivity contribution < 1.29 is 9.53 Å². The number of halogens is 3. The van der Waals surface area contributed by atoms with E-state index in [1.807, 2.05) is 0 Å². The van der Waals surface area contributed by atoms with E-state index in [9.17, 15) is 4.79 Å². The Kier molecular flexibility index (Phi) is 6.21. The summed E-state index contributed by atoms with van der Waals surface area (Å²) in [5.41, 5.74) is 3.90. The first-order chi connectivity index (χ1) is 11.0. The summed E-state index contributed by atoms with van der Waals surface area (Å²) in [6.07, 6.45) is 3.29. The summed E-state index contributed by atoms with van der Waals surface area (Å²) < 4.78 is 5.31. The van der Waals surface area contributed by atoms with Crippen LogP contribution in [0.2, 0.25) is 15.1 Å². The number of nitrogens with one attached hydrogen (secondary N) is 1. The molecule has 0 atom stereocenters. The highest BCUT2D eigenvalue weighted by Gasteiger charge is 2.09. The fraction of sp³-hybridized carbons (Fsp3) is 0.133. The molecule has 2 aromatic rings. The van der Waals surface area contributed by atoms with Gasteiger partial charge < -0.3 is 4.74 Å². The van der Waals surface area contributed by atoms with Crippen LogP contribution in [0.25, 0.3) is 0 Å². The van der Waals surface area contributed by atoms with Crippen LogP contribution < -0.4 is 10.2 Å².